The average molecular weight is 384 g/mol. The maximum atomic E-state index is 13.0. The summed E-state index contributed by atoms with van der Waals surface area (Å²) in [6.45, 7) is 2.44. The number of carbonyl (C=O) groups is 1. The van der Waals surface area contributed by atoms with Gasteiger partial charge in [-0.3, -0.25) is 4.79 Å². The first-order valence-corrected chi connectivity index (χ1v) is 10.0. The maximum Gasteiger partial charge on any atom is 0.258 e. The third-order valence-corrected chi connectivity index (χ3v) is 6.19. The molecule has 1 amide bonds. The van der Waals surface area contributed by atoms with E-state index >= 15 is 0 Å². The second kappa shape index (κ2) is 6.44. The van der Waals surface area contributed by atoms with E-state index in [9.17, 15) is 17.6 Å². The molecule has 1 aliphatic heterocycles. The van der Waals surface area contributed by atoms with Gasteiger partial charge in [-0.2, -0.15) is 0 Å². The molecule has 27 heavy (non-hydrogen) atoms. The van der Waals surface area contributed by atoms with E-state index in [-0.39, 0.29) is 23.2 Å². The summed E-state index contributed by atoms with van der Waals surface area (Å²) in [5, 5.41) is 1.18. The van der Waals surface area contributed by atoms with Gasteiger partial charge in [-0.05, 0) is 42.8 Å². The van der Waals surface area contributed by atoms with E-state index in [4.69, 9.17) is 0 Å². The second-order valence-corrected chi connectivity index (χ2v) is 8.05. The first kappa shape index (κ1) is 17.6. The predicted octanol–water partition coefficient (Wildman–Crippen LogP) is 3.44. The molecule has 0 aromatic heterocycles. The highest BCUT2D eigenvalue weighted by Gasteiger charge is 2.31. The fourth-order valence-corrected chi connectivity index (χ4v) is 4.64. The van der Waals surface area contributed by atoms with Crippen LogP contribution in [0.15, 0.2) is 59.5 Å². The lowest BCUT2D eigenvalue weighted by Crippen LogP contribution is -2.26. The number of amides is 1. The van der Waals surface area contributed by atoms with Crippen LogP contribution in [0.4, 0.5) is 10.1 Å². The molecule has 4 rings (SSSR count). The third kappa shape index (κ3) is 2.89. The summed E-state index contributed by atoms with van der Waals surface area (Å²) < 4.78 is 41.3. The van der Waals surface area contributed by atoms with Gasteiger partial charge in [0.1, 0.15) is 5.82 Å². The maximum absolute atomic E-state index is 13.0. The standard InChI is InChI=1S/C20H17FN2O3S/c1-2-23-17-10-11-18(15-4-3-5-16(19(15)17)20(23)24)27(25,26)22-12-13-6-8-14(21)9-7-13/h3-11,22H,2,12H2,1H3. The SMILES string of the molecule is CCN1C(=O)c2cccc3c(S(=O)(=O)NCc4ccc(F)cc4)ccc1c23. The minimum absolute atomic E-state index is 0.0472. The number of nitrogens with zero attached hydrogens (tertiary/aromatic N) is 1. The molecule has 0 saturated carbocycles. The Balaban J connectivity index is 1.75. The third-order valence-electron chi connectivity index (χ3n) is 4.73. The Kier molecular flexibility index (Phi) is 4.20. The Hall–Kier alpha value is -2.77. The zero-order chi connectivity index (χ0) is 19.2. The molecule has 0 unspecified atom stereocenters. The van der Waals surface area contributed by atoms with E-state index in [0.717, 1.165) is 5.69 Å². The average Bonchev–Trinajstić information content (AvgIpc) is 2.94. The molecular formula is C20H17FN2O3S. The minimum atomic E-state index is -3.82. The van der Waals surface area contributed by atoms with E-state index in [0.29, 0.717) is 28.4 Å². The molecule has 1 heterocycles. The first-order chi connectivity index (χ1) is 12.9. The fourth-order valence-electron chi connectivity index (χ4n) is 3.43. The quantitative estimate of drug-likeness (QED) is 0.733. The van der Waals surface area contributed by atoms with Crippen LogP contribution in [0.3, 0.4) is 0 Å². The molecule has 5 nitrogen and oxygen atoms in total. The number of hydrogen-bond acceptors (Lipinski definition) is 3. The Labute approximate surface area is 156 Å². The van der Waals surface area contributed by atoms with Crippen LogP contribution in [0.25, 0.3) is 10.8 Å². The molecule has 3 aromatic carbocycles. The van der Waals surface area contributed by atoms with Crippen molar-refractivity contribution in [3.63, 3.8) is 0 Å². The van der Waals surface area contributed by atoms with Gasteiger partial charge in [0.05, 0.1) is 10.6 Å². The zero-order valence-electron chi connectivity index (χ0n) is 14.6. The van der Waals surface area contributed by atoms with Crippen molar-refractivity contribution < 1.29 is 17.6 Å². The summed E-state index contributed by atoms with van der Waals surface area (Å²) in [5.74, 6) is -0.494. The molecule has 0 saturated heterocycles. The van der Waals surface area contributed by atoms with Crippen molar-refractivity contribution in [2.24, 2.45) is 0 Å². The van der Waals surface area contributed by atoms with Crippen LogP contribution in [-0.4, -0.2) is 20.9 Å². The van der Waals surface area contributed by atoms with Crippen LogP contribution in [-0.2, 0) is 16.6 Å². The predicted molar refractivity (Wildman–Crippen MR) is 102 cm³/mol. The van der Waals surface area contributed by atoms with Crippen LogP contribution >= 0.6 is 0 Å². The topological polar surface area (TPSA) is 66.5 Å². The number of nitrogens with one attached hydrogen (secondary N) is 1. The van der Waals surface area contributed by atoms with Gasteiger partial charge in [0.25, 0.3) is 5.91 Å². The molecule has 138 valence electrons. The summed E-state index contributed by atoms with van der Waals surface area (Å²) in [7, 11) is -3.82. The smallest absolute Gasteiger partial charge is 0.258 e. The van der Waals surface area contributed by atoms with Gasteiger partial charge in [-0.15, -0.1) is 0 Å². The lowest BCUT2D eigenvalue weighted by atomic mass is 10.1. The minimum Gasteiger partial charge on any atom is -0.308 e. The second-order valence-electron chi connectivity index (χ2n) is 6.31. The number of sulfonamides is 1. The number of anilines is 1. The summed E-state index contributed by atoms with van der Waals surface area (Å²) in [6, 6.07) is 13.9. The van der Waals surface area contributed by atoms with Gasteiger partial charge in [0, 0.05) is 29.4 Å². The van der Waals surface area contributed by atoms with Crippen molar-refractivity contribution in [1.29, 1.82) is 0 Å². The van der Waals surface area contributed by atoms with E-state index in [2.05, 4.69) is 4.72 Å². The largest absolute Gasteiger partial charge is 0.308 e. The Morgan fingerprint density at radius 1 is 1.04 bits per heavy atom. The highest BCUT2D eigenvalue weighted by atomic mass is 32.2. The Morgan fingerprint density at radius 3 is 2.48 bits per heavy atom. The molecule has 0 radical (unpaired) electrons. The number of halogens is 1. The molecular weight excluding hydrogens is 367 g/mol. The molecule has 0 atom stereocenters. The van der Waals surface area contributed by atoms with Gasteiger partial charge >= 0.3 is 0 Å². The van der Waals surface area contributed by atoms with Gasteiger partial charge in [-0.25, -0.2) is 17.5 Å². The number of hydrogen-bond donors (Lipinski definition) is 1. The summed E-state index contributed by atoms with van der Waals surface area (Å²) in [5.41, 5.74) is 1.89. The van der Waals surface area contributed by atoms with Crippen molar-refractivity contribution >= 4 is 32.4 Å². The van der Waals surface area contributed by atoms with Crippen molar-refractivity contribution in [2.45, 2.75) is 18.4 Å². The monoisotopic (exact) mass is 384 g/mol. The normalized spacial score (nSPS) is 13.6. The van der Waals surface area contributed by atoms with Crippen LogP contribution in [0.1, 0.15) is 22.8 Å². The van der Waals surface area contributed by atoms with E-state index in [1.165, 1.54) is 30.3 Å². The van der Waals surface area contributed by atoms with E-state index < -0.39 is 10.0 Å². The highest BCUT2D eigenvalue weighted by molar-refractivity contribution is 7.89. The lowest BCUT2D eigenvalue weighted by Gasteiger charge is -2.15. The number of benzene rings is 3. The molecule has 1 N–H and O–H groups in total. The van der Waals surface area contributed by atoms with Gasteiger partial charge in [-0.1, -0.05) is 24.3 Å². The summed E-state index contributed by atoms with van der Waals surface area (Å²) in [6.07, 6.45) is 0. The lowest BCUT2D eigenvalue weighted by molar-refractivity contribution is 0.0994. The fraction of sp³-hybridized carbons (Fsp3) is 0.150. The molecule has 3 aromatic rings. The molecule has 7 heteroatoms. The first-order valence-electron chi connectivity index (χ1n) is 8.54. The van der Waals surface area contributed by atoms with Gasteiger partial charge in [0.15, 0.2) is 0 Å². The van der Waals surface area contributed by atoms with Crippen molar-refractivity contribution in [1.82, 2.24) is 4.72 Å². The van der Waals surface area contributed by atoms with Crippen LogP contribution < -0.4 is 9.62 Å². The van der Waals surface area contributed by atoms with E-state index in [1.54, 1.807) is 29.2 Å². The molecule has 0 bridgehead atoms. The van der Waals surface area contributed by atoms with Gasteiger partial charge < -0.3 is 4.90 Å². The Bertz CT molecular complexity index is 1160. The molecule has 0 fully saturated rings. The number of carbonyl (C=O) groups excluding carboxylic acids is 1. The van der Waals surface area contributed by atoms with Crippen LogP contribution in [0.5, 0.6) is 0 Å². The van der Waals surface area contributed by atoms with Crippen molar-refractivity contribution in [2.75, 3.05) is 11.4 Å². The highest BCUT2D eigenvalue weighted by Crippen LogP contribution is 2.39. The molecule has 0 aliphatic carbocycles. The van der Waals surface area contributed by atoms with Crippen molar-refractivity contribution in [3.05, 3.63) is 71.5 Å². The number of rotatable bonds is 5. The molecule has 1 aliphatic rings. The van der Waals surface area contributed by atoms with E-state index in [1.807, 2.05) is 6.92 Å². The molecule has 0 spiro atoms. The van der Waals surface area contributed by atoms with Crippen molar-refractivity contribution in [3.8, 4) is 0 Å². The van der Waals surface area contributed by atoms with Crippen LogP contribution in [0, 0.1) is 5.82 Å². The van der Waals surface area contributed by atoms with Gasteiger partial charge in [0.2, 0.25) is 10.0 Å². The summed E-state index contributed by atoms with van der Waals surface area (Å²) >= 11 is 0. The zero-order valence-corrected chi connectivity index (χ0v) is 15.4. The van der Waals surface area contributed by atoms with Crippen LogP contribution in [0.2, 0.25) is 0 Å². The Morgan fingerprint density at radius 2 is 1.78 bits per heavy atom. The summed E-state index contributed by atoms with van der Waals surface area (Å²) in [4.78, 5) is 14.3.